The maximum atomic E-state index is 12.8. The smallest absolute Gasteiger partial charge is 0.252 e. The molecule has 4 rings (SSSR count). The summed E-state index contributed by atoms with van der Waals surface area (Å²) in [6.45, 7) is 0.347. The number of H-pyrrole nitrogens is 1. The van der Waals surface area contributed by atoms with Crippen molar-refractivity contribution in [1.82, 2.24) is 9.97 Å². The standard InChI is InChI=1S/C22H20N2O3/c1-26-13-21-17-7-6-16(27-2)12-18(17)19(22(25)24-21)11-14-5-8-20-15(10-14)4-3-9-23-20/h3-10,12H,11,13H2,1-2H3,(H,24,25). The van der Waals surface area contributed by atoms with Crippen LogP contribution in [0.4, 0.5) is 0 Å². The maximum Gasteiger partial charge on any atom is 0.252 e. The molecule has 4 aromatic rings. The van der Waals surface area contributed by atoms with Crippen molar-refractivity contribution < 1.29 is 9.47 Å². The van der Waals surface area contributed by atoms with Gasteiger partial charge in [-0.2, -0.15) is 0 Å². The van der Waals surface area contributed by atoms with E-state index < -0.39 is 0 Å². The normalized spacial score (nSPS) is 11.2. The Bertz CT molecular complexity index is 1180. The van der Waals surface area contributed by atoms with Gasteiger partial charge in [-0.25, -0.2) is 0 Å². The van der Waals surface area contributed by atoms with Crippen LogP contribution in [0.2, 0.25) is 0 Å². The second-order valence-electron chi connectivity index (χ2n) is 6.46. The molecule has 1 N–H and O–H groups in total. The van der Waals surface area contributed by atoms with E-state index in [1.807, 2.05) is 42.5 Å². The highest BCUT2D eigenvalue weighted by Gasteiger charge is 2.13. The molecule has 2 aromatic heterocycles. The van der Waals surface area contributed by atoms with Crippen molar-refractivity contribution in [2.75, 3.05) is 14.2 Å². The lowest BCUT2D eigenvalue weighted by molar-refractivity contribution is 0.182. The fourth-order valence-corrected chi connectivity index (χ4v) is 3.44. The number of aromatic amines is 1. The zero-order valence-electron chi connectivity index (χ0n) is 15.3. The van der Waals surface area contributed by atoms with E-state index in [9.17, 15) is 4.79 Å². The molecule has 5 heteroatoms. The lowest BCUT2D eigenvalue weighted by atomic mass is 9.98. The van der Waals surface area contributed by atoms with Crippen LogP contribution >= 0.6 is 0 Å². The number of aromatic nitrogens is 2. The highest BCUT2D eigenvalue weighted by atomic mass is 16.5. The molecule has 0 saturated carbocycles. The quantitative estimate of drug-likeness (QED) is 0.588. The molecule has 0 amide bonds. The molecule has 0 bridgehead atoms. The monoisotopic (exact) mass is 360 g/mol. The van der Waals surface area contributed by atoms with E-state index in [4.69, 9.17) is 9.47 Å². The number of pyridine rings is 2. The third-order valence-electron chi connectivity index (χ3n) is 4.75. The Morgan fingerprint density at radius 1 is 1.04 bits per heavy atom. The Balaban J connectivity index is 1.87. The van der Waals surface area contributed by atoms with Gasteiger partial charge in [-0.3, -0.25) is 9.78 Å². The molecule has 0 aliphatic rings. The van der Waals surface area contributed by atoms with E-state index in [2.05, 4.69) is 16.0 Å². The molecule has 2 heterocycles. The molecule has 0 saturated heterocycles. The summed E-state index contributed by atoms with van der Waals surface area (Å²) >= 11 is 0. The first kappa shape index (κ1) is 17.2. The fraction of sp³-hybridized carbons (Fsp3) is 0.182. The van der Waals surface area contributed by atoms with E-state index in [-0.39, 0.29) is 5.56 Å². The van der Waals surface area contributed by atoms with Crippen LogP contribution in [0.5, 0.6) is 5.75 Å². The Labute approximate surface area is 156 Å². The molecule has 0 atom stereocenters. The molecule has 0 aliphatic carbocycles. The average molecular weight is 360 g/mol. The summed E-state index contributed by atoms with van der Waals surface area (Å²) in [5.74, 6) is 0.723. The van der Waals surface area contributed by atoms with Gasteiger partial charge in [0, 0.05) is 36.1 Å². The van der Waals surface area contributed by atoms with Gasteiger partial charge in [0.1, 0.15) is 5.75 Å². The molecule has 0 aliphatic heterocycles. The summed E-state index contributed by atoms with van der Waals surface area (Å²) in [4.78, 5) is 20.2. The minimum absolute atomic E-state index is 0.103. The van der Waals surface area contributed by atoms with Crippen LogP contribution in [-0.2, 0) is 17.8 Å². The third kappa shape index (κ3) is 3.29. The first-order valence-corrected chi connectivity index (χ1v) is 8.74. The fourth-order valence-electron chi connectivity index (χ4n) is 3.44. The molecule has 0 spiro atoms. The van der Waals surface area contributed by atoms with Crippen LogP contribution in [0.15, 0.2) is 59.5 Å². The van der Waals surface area contributed by atoms with Crippen LogP contribution in [0.1, 0.15) is 16.8 Å². The van der Waals surface area contributed by atoms with Crippen molar-refractivity contribution in [2.24, 2.45) is 0 Å². The summed E-state index contributed by atoms with van der Waals surface area (Å²) in [7, 11) is 3.24. The van der Waals surface area contributed by atoms with Gasteiger partial charge < -0.3 is 14.5 Å². The van der Waals surface area contributed by atoms with E-state index in [0.29, 0.717) is 18.6 Å². The minimum Gasteiger partial charge on any atom is -0.497 e. The van der Waals surface area contributed by atoms with E-state index in [1.165, 1.54) is 0 Å². The first-order chi connectivity index (χ1) is 13.2. The van der Waals surface area contributed by atoms with Crippen molar-refractivity contribution in [3.63, 3.8) is 0 Å². The molecule has 5 nitrogen and oxygen atoms in total. The molecular formula is C22H20N2O3. The molecule has 0 fully saturated rings. The Kier molecular flexibility index (Phi) is 4.60. The number of benzene rings is 2. The van der Waals surface area contributed by atoms with Crippen LogP contribution in [0.3, 0.4) is 0 Å². The van der Waals surface area contributed by atoms with Crippen LogP contribution < -0.4 is 10.3 Å². The number of rotatable bonds is 5. The predicted molar refractivity (Wildman–Crippen MR) is 106 cm³/mol. The molecule has 0 unspecified atom stereocenters. The van der Waals surface area contributed by atoms with Gasteiger partial charge in [-0.1, -0.05) is 12.1 Å². The lowest BCUT2D eigenvalue weighted by Crippen LogP contribution is -2.16. The lowest BCUT2D eigenvalue weighted by Gasteiger charge is -2.12. The highest BCUT2D eigenvalue weighted by Crippen LogP contribution is 2.26. The molecule has 2 aromatic carbocycles. The van der Waals surface area contributed by atoms with E-state index in [0.717, 1.165) is 38.7 Å². The summed E-state index contributed by atoms with van der Waals surface area (Å²) in [6, 6.07) is 15.8. The summed E-state index contributed by atoms with van der Waals surface area (Å²) < 4.78 is 10.6. The van der Waals surface area contributed by atoms with Gasteiger partial charge in [-0.15, -0.1) is 0 Å². The van der Waals surface area contributed by atoms with Gasteiger partial charge in [0.15, 0.2) is 0 Å². The Morgan fingerprint density at radius 2 is 1.93 bits per heavy atom. The number of hydrogen-bond donors (Lipinski definition) is 1. The van der Waals surface area contributed by atoms with Crippen molar-refractivity contribution in [2.45, 2.75) is 13.0 Å². The van der Waals surface area contributed by atoms with Gasteiger partial charge in [0.2, 0.25) is 0 Å². The van der Waals surface area contributed by atoms with Gasteiger partial charge in [0.05, 0.1) is 24.9 Å². The van der Waals surface area contributed by atoms with Crippen molar-refractivity contribution >= 4 is 21.7 Å². The van der Waals surface area contributed by atoms with Crippen LogP contribution in [0, 0.1) is 0 Å². The summed E-state index contributed by atoms with van der Waals surface area (Å²) in [6.07, 6.45) is 2.30. The average Bonchev–Trinajstić information content (AvgIpc) is 2.70. The van der Waals surface area contributed by atoms with E-state index in [1.54, 1.807) is 20.4 Å². The number of fused-ring (bicyclic) bond motifs is 2. The predicted octanol–water partition coefficient (Wildman–Crippen LogP) is 3.82. The minimum atomic E-state index is -0.103. The van der Waals surface area contributed by atoms with Gasteiger partial charge >= 0.3 is 0 Å². The zero-order valence-corrected chi connectivity index (χ0v) is 15.3. The largest absolute Gasteiger partial charge is 0.497 e. The van der Waals surface area contributed by atoms with Crippen molar-refractivity contribution in [3.05, 3.63) is 81.9 Å². The SMILES string of the molecule is COCc1[nH]c(=O)c(Cc2ccc3ncccc3c2)c2cc(OC)ccc12. The number of nitrogens with zero attached hydrogens (tertiary/aromatic N) is 1. The Morgan fingerprint density at radius 3 is 2.74 bits per heavy atom. The van der Waals surface area contributed by atoms with E-state index >= 15 is 0 Å². The summed E-state index contributed by atoms with van der Waals surface area (Å²) in [5, 5.41) is 2.91. The van der Waals surface area contributed by atoms with Crippen molar-refractivity contribution in [3.8, 4) is 5.75 Å². The number of methoxy groups -OCH3 is 2. The molecule has 27 heavy (non-hydrogen) atoms. The number of ether oxygens (including phenoxy) is 2. The number of nitrogens with one attached hydrogen (secondary N) is 1. The second kappa shape index (κ2) is 7.21. The molecule has 0 radical (unpaired) electrons. The zero-order chi connectivity index (χ0) is 18.8. The van der Waals surface area contributed by atoms with Gasteiger partial charge in [0.25, 0.3) is 5.56 Å². The van der Waals surface area contributed by atoms with Crippen molar-refractivity contribution in [1.29, 1.82) is 0 Å². The van der Waals surface area contributed by atoms with Crippen LogP contribution in [0.25, 0.3) is 21.7 Å². The van der Waals surface area contributed by atoms with Crippen LogP contribution in [-0.4, -0.2) is 24.2 Å². The Hall–Kier alpha value is -3.18. The molecular weight excluding hydrogens is 340 g/mol. The first-order valence-electron chi connectivity index (χ1n) is 8.74. The number of hydrogen-bond acceptors (Lipinski definition) is 4. The third-order valence-corrected chi connectivity index (χ3v) is 4.75. The summed E-state index contributed by atoms with van der Waals surface area (Å²) in [5.41, 5.74) is 3.38. The maximum absolute atomic E-state index is 12.8. The molecule has 136 valence electrons. The van der Waals surface area contributed by atoms with Gasteiger partial charge in [-0.05, 0) is 47.3 Å². The highest BCUT2D eigenvalue weighted by molar-refractivity contribution is 5.89. The second-order valence-corrected chi connectivity index (χ2v) is 6.46. The topological polar surface area (TPSA) is 64.2 Å².